The Morgan fingerprint density at radius 2 is 1.97 bits per heavy atom. The van der Waals surface area contributed by atoms with Gasteiger partial charge < -0.3 is 19.1 Å². The van der Waals surface area contributed by atoms with Crippen molar-refractivity contribution in [1.29, 1.82) is 0 Å². The number of hydrogen-bond acceptors (Lipinski definition) is 4. The molecule has 2 aliphatic heterocycles. The molecule has 0 aromatic heterocycles. The molecular formula is C30H36NO4+. The number of hydrogen-bond donors (Lipinski definition) is 1. The number of likely N-dealkylation sites (N-methyl/N-ethyl adjacent to an activating group) is 1. The summed E-state index contributed by atoms with van der Waals surface area (Å²) in [6, 6.07) is 14.8. The molecule has 2 heterocycles. The quantitative estimate of drug-likeness (QED) is 0.480. The zero-order valence-corrected chi connectivity index (χ0v) is 20.7. The fraction of sp³-hybridized carbons (Fsp3) is 0.567. The van der Waals surface area contributed by atoms with Crippen molar-refractivity contribution in [2.45, 2.75) is 74.5 Å². The molecule has 2 aromatic rings. The molecule has 2 bridgehead atoms. The van der Waals surface area contributed by atoms with E-state index in [1.54, 1.807) is 6.07 Å². The van der Waals surface area contributed by atoms with Crippen LogP contribution >= 0.6 is 0 Å². The van der Waals surface area contributed by atoms with Crippen molar-refractivity contribution in [2.75, 3.05) is 26.7 Å². The summed E-state index contributed by atoms with van der Waals surface area (Å²) < 4.78 is 14.6. The Bertz CT molecular complexity index is 1180. The van der Waals surface area contributed by atoms with Crippen molar-refractivity contribution in [3.05, 3.63) is 59.2 Å². The highest BCUT2D eigenvalue weighted by atomic mass is 16.5. The molecule has 7 rings (SSSR count). The zero-order valence-electron chi connectivity index (χ0n) is 20.7. The maximum Gasteiger partial charge on any atom is 0.174 e. The number of ether oxygens (including phenoxy) is 2. The second kappa shape index (κ2) is 7.57. The topological polar surface area (TPSA) is 55.8 Å². The van der Waals surface area contributed by atoms with Crippen molar-refractivity contribution in [3.63, 3.8) is 0 Å². The number of aryl methyl sites for hydroxylation is 1. The van der Waals surface area contributed by atoms with Gasteiger partial charge in [0.15, 0.2) is 23.4 Å². The first-order chi connectivity index (χ1) is 17.0. The van der Waals surface area contributed by atoms with Crippen molar-refractivity contribution in [2.24, 2.45) is 5.92 Å². The number of rotatable bonds is 7. The minimum absolute atomic E-state index is 0.164. The lowest BCUT2D eigenvalue weighted by molar-refractivity contribution is -0.950. The van der Waals surface area contributed by atoms with Gasteiger partial charge in [0.25, 0.3) is 0 Å². The third-order valence-electron chi connectivity index (χ3n) is 10.0. The third kappa shape index (κ3) is 2.97. The predicted molar refractivity (Wildman–Crippen MR) is 133 cm³/mol. The molecule has 3 fully saturated rings. The summed E-state index contributed by atoms with van der Waals surface area (Å²) in [5.74, 6) is 1.71. The van der Waals surface area contributed by atoms with E-state index < -0.39 is 17.1 Å². The van der Waals surface area contributed by atoms with Gasteiger partial charge in [-0.2, -0.15) is 0 Å². The number of Topliss-reactive ketones (excluding diaryl/α,β-unsaturated/α-hetero) is 1. The molecule has 1 N–H and O–H groups in total. The maximum atomic E-state index is 13.4. The van der Waals surface area contributed by atoms with Crippen LogP contribution in [0.5, 0.6) is 11.5 Å². The van der Waals surface area contributed by atoms with E-state index in [9.17, 15) is 9.90 Å². The lowest BCUT2D eigenvalue weighted by Crippen LogP contribution is -2.81. The Morgan fingerprint density at radius 1 is 1.14 bits per heavy atom. The number of aromatic hydroxyl groups is 1. The first kappa shape index (κ1) is 21.9. The van der Waals surface area contributed by atoms with Crippen molar-refractivity contribution in [3.8, 4) is 11.5 Å². The number of piperidine rings is 1. The first-order valence-corrected chi connectivity index (χ1v) is 13.5. The molecule has 35 heavy (non-hydrogen) atoms. The Kier molecular flexibility index (Phi) is 4.73. The van der Waals surface area contributed by atoms with Crippen molar-refractivity contribution < 1.29 is 23.9 Å². The minimum Gasteiger partial charge on any atom is -0.504 e. The Labute approximate surface area is 207 Å². The van der Waals surface area contributed by atoms with Crippen LogP contribution in [0.1, 0.15) is 55.2 Å². The molecule has 5 heteroatoms. The van der Waals surface area contributed by atoms with Crippen LogP contribution in [0.25, 0.3) is 0 Å². The van der Waals surface area contributed by atoms with E-state index in [4.69, 9.17) is 9.47 Å². The van der Waals surface area contributed by atoms with E-state index in [0.29, 0.717) is 24.8 Å². The number of carbonyl (C=O) groups excluding carboxylic acids is 1. The van der Waals surface area contributed by atoms with Gasteiger partial charge in [-0.05, 0) is 49.3 Å². The molecule has 3 aliphatic carbocycles. The molecule has 1 spiro atoms. The standard InChI is InChI=1S/C30H35NO4/c1-31(19-21-9-10-21)16-15-29-26-22-11-12-23(32)27(26)35-28(29)24(33)13-14-30(29,25(31)18-22)34-17-5-8-20-6-3-2-4-7-20/h2-4,6-7,11-12,21,25,28H,5,8-10,13-19H2,1H3/p+1/t25?,28?,29-,30?,31+/m0/s1. The van der Waals surface area contributed by atoms with Gasteiger partial charge in [0, 0.05) is 37.4 Å². The molecule has 5 atom stereocenters. The summed E-state index contributed by atoms with van der Waals surface area (Å²) in [6.45, 7) is 2.93. The molecule has 0 amide bonds. The van der Waals surface area contributed by atoms with E-state index >= 15 is 0 Å². The summed E-state index contributed by atoms with van der Waals surface area (Å²) >= 11 is 0. The first-order valence-electron chi connectivity index (χ1n) is 13.5. The molecule has 0 radical (unpaired) electrons. The molecular weight excluding hydrogens is 438 g/mol. The fourth-order valence-corrected chi connectivity index (χ4v) is 8.38. The monoisotopic (exact) mass is 474 g/mol. The summed E-state index contributed by atoms with van der Waals surface area (Å²) in [5.41, 5.74) is 2.76. The second-order valence-electron chi connectivity index (χ2n) is 12.0. The van der Waals surface area contributed by atoms with Crippen molar-refractivity contribution >= 4 is 5.78 Å². The number of ketones is 1. The van der Waals surface area contributed by atoms with E-state index in [2.05, 4.69) is 43.4 Å². The SMILES string of the molecule is C[N@+]1(CC2CC2)CC[C@]23c4c5ccc(O)c4OC2C(=O)CCC3(OCCCc2ccccc2)C1C5. The summed E-state index contributed by atoms with van der Waals surface area (Å²) in [6.07, 6.45) is 7.16. The molecule has 5 nitrogen and oxygen atoms in total. The van der Waals surface area contributed by atoms with Crippen LogP contribution in [0.15, 0.2) is 42.5 Å². The van der Waals surface area contributed by atoms with Gasteiger partial charge in [0.1, 0.15) is 11.6 Å². The third-order valence-corrected chi connectivity index (χ3v) is 10.0. The average Bonchev–Trinajstić information content (AvgIpc) is 3.59. The number of nitrogens with zero attached hydrogens (tertiary/aromatic N) is 1. The molecule has 184 valence electrons. The smallest absolute Gasteiger partial charge is 0.174 e. The highest BCUT2D eigenvalue weighted by Crippen LogP contribution is 2.67. The maximum absolute atomic E-state index is 13.4. The molecule has 2 saturated carbocycles. The zero-order chi connectivity index (χ0) is 23.8. The number of phenols is 1. The largest absolute Gasteiger partial charge is 0.504 e. The number of likely N-dealkylation sites (tertiary alicyclic amines) is 1. The number of phenolic OH excluding ortho intramolecular Hbond substituents is 1. The highest BCUT2D eigenvalue weighted by Gasteiger charge is 2.77. The Morgan fingerprint density at radius 3 is 2.77 bits per heavy atom. The van der Waals surface area contributed by atoms with Gasteiger partial charge >= 0.3 is 0 Å². The van der Waals surface area contributed by atoms with Crippen LogP contribution in [0.4, 0.5) is 0 Å². The van der Waals surface area contributed by atoms with E-state index in [-0.39, 0.29) is 11.5 Å². The molecule has 3 unspecified atom stereocenters. The van der Waals surface area contributed by atoms with E-state index in [0.717, 1.165) is 54.6 Å². The van der Waals surface area contributed by atoms with Crippen LogP contribution in [-0.4, -0.2) is 59.9 Å². The Hall–Kier alpha value is -2.37. The van der Waals surface area contributed by atoms with Crippen LogP contribution in [-0.2, 0) is 27.8 Å². The lowest BCUT2D eigenvalue weighted by atomic mass is 9.48. The Balaban J connectivity index is 1.31. The number of benzene rings is 2. The van der Waals surface area contributed by atoms with Gasteiger partial charge in [0.2, 0.25) is 0 Å². The van der Waals surface area contributed by atoms with Crippen LogP contribution in [0, 0.1) is 5.92 Å². The number of quaternary nitrogens is 1. The van der Waals surface area contributed by atoms with Gasteiger partial charge in [-0.15, -0.1) is 0 Å². The average molecular weight is 475 g/mol. The van der Waals surface area contributed by atoms with E-state index in [1.165, 1.54) is 30.5 Å². The van der Waals surface area contributed by atoms with E-state index in [1.807, 2.05) is 0 Å². The number of carbonyl (C=O) groups is 1. The van der Waals surface area contributed by atoms with Crippen LogP contribution < -0.4 is 4.74 Å². The predicted octanol–water partition coefficient (Wildman–Crippen LogP) is 4.33. The summed E-state index contributed by atoms with van der Waals surface area (Å²) in [7, 11) is 2.44. The summed E-state index contributed by atoms with van der Waals surface area (Å²) in [4.78, 5) is 13.4. The van der Waals surface area contributed by atoms with Crippen molar-refractivity contribution in [1.82, 2.24) is 0 Å². The fourth-order valence-electron chi connectivity index (χ4n) is 8.38. The van der Waals surface area contributed by atoms with Gasteiger partial charge in [-0.25, -0.2) is 0 Å². The minimum atomic E-state index is -0.537. The highest BCUT2D eigenvalue weighted by molar-refractivity contribution is 5.90. The normalized spacial score (nSPS) is 36.5. The van der Waals surface area contributed by atoms with Crippen LogP contribution in [0.2, 0.25) is 0 Å². The van der Waals surface area contributed by atoms with Gasteiger partial charge in [-0.3, -0.25) is 4.79 Å². The molecule has 5 aliphatic rings. The molecule has 2 aromatic carbocycles. The molecule has 1 saturated heterocycles. The van der Waals surface area contributed by atoms with Gasteiger partial charge in [0.05, 0.1) is 25.6 Å². The van der Waals surface area contributed by atoms with Crippen LogP contribution in [0.3, 0.4) is 0 Å². The summed E-state index contributed by atoms with van der Waals surface area (Å²) in [5, 5.41) is 10.8. The lowest BCUT2D eigenvalue weighted by Gasteiger charge is -2.66. The second-order valence-corrected chi connectivity index (χ2v) is 12.0. The van der Waals surface area contributed by atoms with Gasteiger partial charge in [-0.1, -0.05) is 36.4 Å².